The van der Waals surface area contributed by atoms with E-state index in [4.69, 9.17) is 8.83 Å². The SMILES string of the molecule is CCCSCCN(C)c1cc(=O)c2occ(Br)c2o1. The van der Waals surface area contributed by atoms with Gasteiger partial charge in [0.1, 0.15) is 6.26 Å². The van der Waals surface area contributed by atoms with Crippen molar-refractivity contribution >= 4 is 44.7 Å². The molecule has 0 N–H and O–H groups in total. The fourth-order valence-corrected chi connectivity index (χ4v) is 2.90. The Morgan fingerprint density at radius 3 is 2.89 bits per heavy atom. The number of furan rings is 1. The number of hydrogen-bond acceptors (Lipinski definition) is 5. The fourth-order valence-electron chi connectivity index (χ4n) is 1.65. The molecule has 0 aliphatic rings. The summed E-state index contributed by atoms with van der Waals surface area (Å²) in [6.07, 6.45) is 2.65. The van der Waals surface area contributed by atoms with E-state index in [0.717, 1.165) is 18.1 Å². The Morgan fingerprint density at radius 1 is 1.37 bits per heavy atom. The molecule has 0 fully saturated rings. The van der Waals surface area contributed by atoms with Crippen LogP contribution in [0.1, 0.15) is 13.3 Å². The van der Waals surface area contributed by atoms with Gasteiger partial charge in [-0.3, -0.25) is 4.79 Å². The third-order valence-corrected chi connectivity index (χ3v) is 4.40. The molecule has 0 aromatic carbocycles. The summed E-state index contributed by atoms with van der Waals surface area (Å²) in [7, 11) is 1.92. The molecule has 0 saturated heterocycles. The normalized spacial score (nSPS) is 11.1. The van der Waals surface area contributed by atoms with Crippen LogP contribution in [-0.4, -0.2) is 25.1 Å². The number of anilines is 1. The Bertz CT molecular complexity index is 607. The Morgan fingerprint density at radius 2 is 2.16 bits per heavy atom. The molecule has 0 saturated carbocycles. The third-order valence-electron chi connectivity index (χ3n) is 2.68. The zero-order valence-electron chi connectivity index (χ0n) is 10.9. The van der Waals surface area contributed by atoms with Crippen LogP contribution in [0.25, 0.3) is 11.2 Å². The van der Waals surface area contributed by atoms with Gasteiger partial charge < -0.3 is 13.7 Å². The van der Waals surface area contributed by atoms with Gasteiger partial charge in [-0.05, 0) is 28.1 Å². The fraction of sp³-hybridized carbons (Fsp3) is 0.462. The van der Waals surface area contributed by atoms with Crippen molar-refractivity contribution in [1.29, 1.82) is 0 Å². The molecule has 104 valence electrons. The quantitative estimate of drug-likeness (QED) is 0.746. The van der Waals surface area contributed by atoms with Crippen LogP contribution < -0.4 is 10.3 Å². The lowest BCUT2D eigenvalue weighted by Gasteiger charge is -2.16. The number of halogens is 1. The minimum Gasteiger partial charge on any atom is -0.456 e. The van der Waals surface area contributed by atoms with E-state index in [1.54, 1.807) is 0 Å². The van der Waals surface area contributed by atoms with Crippen molar-refractivity contribution in [3.05, 3.63) is 27.0 Å². The van der Waals surface area contributed by atoms with Gasteiger partial charge in [0.15, 0.2) is 11.5 Å². The molecular formula is C13H16BrNO3S. The van der Waals surface area contributed by atoms with Crippen molar-refractivity contribution < 1.29 is 8.83 Å². The van der Waals surface area contributed by atoms with Gasteiger partial charge >= 0.3 is 0 Å². The summed E-state index contributed by atoms with van der Waals surface area (Å²) in [5.74, 6) is 2.74. The Hall–Kier alpha value is -0.880. The molecule has 0 aliphatic carbocycles. The molecule has 4 nitrogen and oxygen atoms in total. The van der Waals surface area contributed by atoms with E-state index in [2.05, 4.69) is 22.9 Å². The molecule has 2 aromatic rings. The van der Waals surface area contributed by atoms with Gasteiger partial charge in [-0.1, -0.05) is 6.92 Å². The van der Waals surface area contributed by atoms with Gasteiger partial charge in [0.25, 0.3) is 0 Å². The Labute approximate surface area is 124 Å². The Balaban J connectivity index is 2.15. The second-order valence-corrected chi connectivity index (χ2v) is 6.30. The molecule has 2 aromatic heterocycles. The maximum Gasteiger partial charge on any atom is 0.230 e. The first kappa shape index (κ1) is 14.5. The first-order chi connectivity index (χ1) is 9.13. The van der Waals surface area contributed by atoms with Crippen molar-refractivity contribution in [2.75, 3.05) is 30.0 Å². The number of thioether (sulfide) groups is 1. The summed E-state index contributed by atoms with van der Waals surface area (Å²) in [5.41, 5.74) is 0.565. The number of rotatable bonds is 6. The van der Waals surface area contributed by atoms with Crippen molar-refractivity contribution in [3.63, 3.8) is 0 Å². The van der Waals surface area contributed by atoms with E-state index >= 15 is 0 Å². The molecule has 0 radical (unpaired) electrons. The van der Waals surface area contributed by atoms with E-state index < -0.39 is 0 Å². The summed E-state index contributed by atoms with van der Waals surface area (Å²) >= 11 is 5.21. The average Bonchev–Trinajstić information content (AvgIpc) is 2.77. The average molecular weight is 346 g/mol. The summed E-state index contributed by atoms with van der Waals surface area (Å²) in [6.45, 7) is 3.01. The van der Waals surface area contributed by atoms with E-state index in [1.807, 2.05) is 23.7 Å². The minimum atomic E-state index is -0.157. The second kappa shape index (κ2) is 6.52. The summed E-state index contributed by atoms with van der Waals surface area (Å²) in [6, 6.07) is 1.47. The molecule has 0 atom stereocenters. The zero-order chi connectivity index (χ0) is 13.8. The van der Waals surface area contributed by atoms with E-state index in [-0.39, 0.29) is 11.0 Å². The predicted molar refractivity (Wildman–Crippen MR) is 83.3 cm³/mol. The molecule has 6 heteroatoms. The highest BCUT2D eigenvalue weighted by Gasteiger charge is 2.13. The summed E-state index contributed by atoms with van der Waals surface area (Å²) in [4.78, 5) is 13.8. The van der Waals surface area contributed by atoms with Crippen LogP contribution in [0, 0.1) is 0 Å². The largest absolute Gasteiger partial charge is 0.456 e. The van der Waals surface area contributed by atoms with Crippen LogP contribution in [-0.2, 0) is 0 Å². The van der Waals surface area contributed by atoms with Gasteiger partial charge in [0, 0.05) is 19.3 Å². The van der Waals surface area contributed by atoms with Crippen molar-refractivity contribution in [1.82, 2.24) is 0 Å². The molecule has 0 spiro atoms. The van der Waals surface area contributed by atoms with Gasteiger partial charge in [0.05, 0.1) is 10.5 Å². The number of fused-ring (bicyclic) bond motifs is 1. The zero-order valence-corrected chi connectivity index (χ0v) is 13.3. The second-order valence-electron chi connectivity index (χ2n) is 4.22. The first-order valence-electron chi connectivity index (χ1n) is 6.13. The lowest BCUT2D eigenvalue weighted by Crippen LogP contribution is -2.21. The van der Waals surface area contributed by atoms with E-state index in [0.29, 0.717) is 15.9 Å². The third kappa shape index (κ3) is 3.36. The van der Waals surface area contributed by atoms with Gasteiger partial charge in [-0.2, -0.15) is 11.8 Å². The molecule has 0 amide bonds. The smallest absolute Gasteiger partial charge is 0.230 e. The number of hydrogen-bond donors (Lipinski definition) is 0. The standard InChI is InChI=1S/C13H16BrNO3S/c1-3-5-19-6-4-15(2)11-7-10(16)13-12(18-11)9(14)8-17-13/h7-8H,3-6H2,1-2H3. The highest BCUT2D eigenvalue weighted by molar-refractivity contribution is 9.10. The van der Waals surface area contributed by atoms with Gasteiger partial charge in [-0.25, -0.2) is 0 Å². The topological polar surface area (TPSA) is 46.6 Å². The molecule has 2 heterocycles. The van der Waals surface area contributed by atoms with Crippen molar-refractivity contribution in [2.24, 2.45) is 0 Å². The van der Waals surface area contributed by atoms with Crippen LogP contribution in [0.3, 0.4) is 0 Å². The molecular weight excluding hydrogens is 330 g/mol. The summed E-state index contributed by atoms with van der Waals surface area (Å²) < 4.78 is 11.5. The molecule has 2 rings (SSSR count). The lowest BCUT2D eigenvalue weighted by atomic mass is 10.4. The first-order valence-corrected chi connectivity index (χ1v) is 8.08. The van der Waals surface area contributed by atoms with Gasteiger partial charge in [0.2, 0.25) is 11.0 Å². The Kier molecular flexibility index (Phi) is 4.99. The van der Waals surface area contributed by atoms with E-state index in [1.165, 1.54) is 18.8 Å². The van der Waals surface area contributed by atoms with Crippen LogP contribution in [0.5, 0.6) is 0 Å². The minimum absolute atomic E-state index is 0.157. The molecule has 0 aliphatic heterocycles. The molecule has 0 unspecified atom stereocenters. The monoisotopic (exact) mass is 345 g/mol. The molecule has 0 bridgehead atoms. The predicted octanol–water partition coefficient (Wildman–Crippen LogP) is 3.73. The van der Waals surface area contributed by atoms with Crippen molar-refractivity contribution in [3.8, 4) is 0 Å². The van der Waals surface area contributed by atoms with Crippen LogP contribution in [0.2, 0.25) is 0 Å². The van der Waals surface area contributed by atoms with Crippen LogP contribution in [0.15, 0.2) is 30.4 Å². The highest BCUT2D eigenvalue weighted by atomic mass is 79.9. The van der Waals surface area contributed by atoms with Gasteiger partial charge in [-0.15, -0.1) is 0 Å². The van der Waals surface area contributed by atoms with Crippen LogP contribution >= 0.6 is 27.7 Å². The van der Waals surface area contributed by atoms with Crippen molar-refractivity contribution in [2.45, 2.75) is 13.3 Å². The maximum atomic E-state index is 11.9. The maximum absolute atomic E-state index is 11.9. The van der Waals surface area contributed by atoms with Crippen LogP contribution in [0.4, 0.5) is 5.88 Å². The van der Waals surface area contributed by atoms with E-state index in [9.17, 15) is 4.79 Å². The summed E-state index contributed by atoms with van der Waals surface area (Å²) in [5, 5.41) is 0. The highest BCUT2D eigenvalue weighted by Crippen LogP contribution is 2.27. The molecule has 19 heavy (non-hydrogen) atoms. The number of nitrogens with zero attached hydrogens (tertiary/aromatic N) is 1. The lowest BCUT2D eigenvalue weighted by molar-refractivity contribution is 0.571.